The number of nitrogens with zero attached hydrogens (tertiary/aromatic N) is 2. The van der Waals surface area contributed by atoms with Crippen molar-refractivity contribution in [3.63, 3.8) is 0 Å². The second-order valence-electron chi connectivity index (χ2n) is 7.30. The highest BCUT2D eigenvalue weighted by Crippen LogP contribution is 2.29. The minimum absolute atomic E-state index is 0.0121. The Hall–Kier alpha value is -4.11. The molecule has 0 unspecified atom stereocenters. The topological polar surface area (TPSA) is 127 Å². The number of hydrogen-bond acceptors (Lipinski definition) is 6. The maximum Gasteiger partial charge on any atom is 0.333 e. The summed E-state index contributed by atoms with van der Waals surface area (Å²) in [6, 6.07) is 19.7. The van der Waals surface area contributed by atoms with Crippen molar-refractivity contribution in [1.82, 2.24) is 15.4 Å². The Balaban J connectivity index is 1.79. The quantitative estimate of drug-likeness (QED) is 0.430. The molecule has 1 heterocycles. The van der Waals surface area contributed by atoms with E-state index in [-0.39, 0.29) is 18.8 Å². The average molecular weight is 450 g/mol. The van der Waals surface area contributed by atoms with E-state index in [4.69, 9.17) is 15.2 Å². The molecule has 0 saturated heterocycles. The number of hydrazine groups is 1. The molecule has 0 saturated carbocycles. The molecule has 0 fully saturated rings. The van der Waals surface area contributed by atoms with Crippen LogP contribution in [-0.2, 0) is 13.2 Å². The van der Waals surface area contributed by atoms with Crippen LogP contribution in [0.5, 0.6) is 11.5 Å². The highest BCUT2D eigenvalue weighted by atomic mass is 16.5. The van der Waals surface area contributed by atoms with Crippen molar-refractivity contribution >= 4 is 11.9 Å². The van der Waals surface area contributed by atoms with Crippen molar-refractivity contribution in [2.75, 3.05) is 6.54 Å². The Kier molecular flexibility index (Phi) is 8.20. The van der Waals surface area contributed by atoms with Crippen molar-refractivity contribution in [3.05, 3.63) is 89.7 Å². The predicted octanol–water partition coefficient (Wildman–Crippen LogP) is 2.65. The molecule has 0 aliphatic rings. The van der Waals surface area contributed by atoms with E-state index in [0.29, 0.717) is 18.1 Å². The van der Waals surface area contributed by atoms with Gasteiger partial charge in [0.15, 0.2) is 11.5 Å². The number of carbonyl (C=O) groups excluding carboxylic acids is 2. The summed E-state index contributed by atoms with van der Waals surface area (Å²) in [5.41, 5.74) is 9.50. The van der Waals surface area contributed by atoms with Gasteiger partial charge in [-0.25, -0.2) is 14.8 Å². The number of ether oxygens (including phenoxy) is 2. The van der Waals surface area contributed by atoms with Crippen LogP contribution < -0.4 is 20.6 Å². The molecule has 3 aromatic rings. The first-order valence-corrected chi connectivity index (χ1v) is 10.3. The lowest BCUT2D eigenvalue weighted by molar-refractivity contribution is 0.0740. The number of nitrogens with one attached hydrogen (secondary N) is 1. The molecule has 9 nitrogen and oxygen atoms in total. The molecule has 0 bridgehead atoms. The van der Waals surface area contributed by atoms with Gasteiger partial charge in [0.1, 0.15) is 18.9 Å². The molecule has 0 radical (unpaired) electrons. The molecule has 1 aromatic heterocycles. The molecule has 3 amide bonds. The number of benzene rings is 2. The zero-order valence-corrected chi connectivity index (χ0v) is 18.2. The van der Waals surface area contributed by atoms with Crippen LogP contribution in [0.3, 0.4) is 0 Å². The normalized spacial score (nSPS) is 11.3. The van der Waals surface area contributed by atoms with Crippen LogP contribution in [0.4, 0.5) is 4.79 Å². The predicted molar refractivity (Wildman–Crippen MR) is 121 cm³/mol. The monoisotopic (exact) mass is 450 g/mol. The zero-order valence-electron chi connectivity index (χ0n) is 18.2. The van der Waals surface area contributed by atoms with E-state index < -0.39 is 18.0 Å². The van der Waals surface area contributed by atoms with E-state index in [1.807, 2.05) is 60.7 Å². The lowest BCUT2D eigenvalue weighted by atomic mass is 10.2. The summed E-state index contributed by atoms with van der Waals surface area (Å²) < 4.78 is 11.8. The standard InChI is InChI=1S/C24H26N4O5/c1-17(29)14-28(24(25)31)27-23(30)20-12-21(32-15-18-8-4-2-5-9-18)22(13-26-20)33-16-19-10-6-3-7-11-19/h2-13,17,29H,14-16H2,1H3,(H2,25,31)(H,27,30)/t17-/m0/s1. The first-order valence-electron chi connectivity index (χ1n) is 10.3. The fourth-order valence-corrected chi connectivity index (χ4v) is 2.88. The minimum atomic E-state index is -0.910. The lowest BCUT2D eigenvalue weighted by Crippen LogP contribution is -2.51. The summed E-state index contributed by atoms with van der Waals surface area (Å²) in [6.45, 7) is 1.84. The number of carbonyl (C=O) groups is 2. The van der Waals surface area contributed by atoms with E-state index in [1.54, 1.807) is 0 Å². The Bertz CT molecular complexity index is 1060. The first kappa shape index (κ1) is 23.6. The highest BCUT2D eigenvalue weighted by molar-refractivity contribution is 5.93. The van der Waals surface area contributed by atoms with Gasteiger partial charge in [-0.3, -0.25) is 10.2 Å². The molecule has 33 heavy (non-hydrogen) atoms. The Morgan fingerprint density at radius 1 is 1.00 bits per heavy atom. The summed E-state index contributed by atoms with van der Waals surface area (Å²) in [7, 11) is 0. The van der Waals surface area contributed by atoms with Gasteiger partial charge in [0, 0.05) is 6.07 Å². The highest BCUT2D eigenvalue weighted by Gasteiger charge is 2.19. The summed E-state index contributed by atoms with van der Waals surface area (Å²) in [5, 5.41) is 10.3. The van der Waals surface area contributed by atoms with Gasteiger partial charge in [-0.05, 0) is 18.1 Å². The van der Waals surface area contributed by atoms with Gasteiger partial charge in [-0.15, -0.1) is 0 Å². The molecule has 3 rings (SSSR count). The fraction of sp³-hybridized carbons (Fsp3) is 0.208. The van der Waals surface area contributed by atoms with Crippen LogP contribution in [0.1, 0.15) is 28.5 Å². The average Bonchev–Trinajstić information content (AvgIpc) is 2.82. The third-order valence-electron chi connectivity index (χ3n) is 4.49. The van der Waals surface area contributed by atoms with E-state index in [9.17, 15) is 14.7 Å². The maximum atomic E-state index is 12.7. The second kappa shape index (κ2) is 11.5. The zero-order chi connectivity index (χ0) is 23.6. The van der Waals surface area contributed by atoms with Gasteiger partial charge >= 0.3 is 6.03 Å². The number of urea groups is 1. The number of hydrogen-bond donors (Lipinski definition) is 3. The molecule has 172 valence electrons. The van der Waals surface area contributed by atoms with Gasteiger partial charge in [0.05, 0.1) is 18.8 Å². The van der Waals surface area contributed by atoms with Crippen molar-refractivity contribution in [3.8, 4) is 11.5 Å². The van der Waals surface area contributed by atoms with Gasteiger partial charge in [0.2, 0.25) is 0 Å². The van der Waals surface area contributed by atoms with E-state index in [1.165, 1.54) is 19.2 Å². The first-order chi connectivity index (χ1) is 15.9. The summed E-state index contributed by atoms with van der Waals surface area (Å²) in [5.74, 6) is -0.00761. The van der Waals surface area contributed by atoms with E-state index >= 15 is 0 Å². The Labute approximate surface area is 191 Å². The van der Waals surface area contributed by atoms with Gasteiger partial charge in [0.25, 0.3) is 5.91 Å². The largest absolute Gasteiger partial charge is 0.485 e. The number of primary amides is 1. The smallest absolute Gasteiger partial charge is 0.333 e. The summed E-state index contributed by atoms with van der Waals surface area (Å²) >= 11 is 0. The SMILES string of the molecule is C[C@H](O)CN(NC(=O)c1cc(OCc2ccccc2)c(OCc2ccccc2)cn1)C(N)=O. The van der Waals surface area contributed by atoms with Crippen molar-refractivity contribution in [1.29, 1.82) is 0 Å². The third kappa shape index (κ3) is 7.22. The summed E-state index contributed by atoms with van der Waals surface area (Å²) in [4.78, 5) is 28.4. The second-order valence-corrected chi connectivity index (χ2v) is 7.30. The molecular weight excluding hydrogens is 424 g/mol. The lowest BCUT2D eigenvalue weighted by Gasteiger charge is -2.22. The van der Waals surface area contributed by atoms with Crippen molar-refractivity contribution in [2.24, 2.45) is 5.73 Å². The van der Waals surface area contributed by atoms with Crippen molar-refractivity contribution < 1.29 is 24.2 Å². The number of amides is 3. The number of aliphatic hydroxyl groups excluding tert-OH is 1. The molecule has 9 heteroatoms. The molecule has 0 aliphatic carbocycles. The van der Waals surface area contributed by atoms with Crippen LogP contribution in [0.2, 0.25) is 0 Å². The van der Waals surface area contributed by atoms with Crippen LogP contribution in [0.15, 0.2) is 72.9 Å². The molecule has 1 atom stereocenters. The van der Waals surface area contributed by atoms with Gasteiger partial charge in [-0.1, -0.05) is 60.7 Å². The van der Waals surface area contributed by atoms with Crippen LogP contribution in [-0.4, -0.2) is 39.7 Å². The van der Waals surface area contributed by atoms with Gasteiger partial charge < -0.3 is 20.3 Å². The number of nitrogens with two attached hydrogens (primary N) is 1. The molecule has 4 N–H and O–H groups in total. The number of aliphatic hydroxyl groups is 1. The minimum Gasteiger partial charge on any atom is -0.485 e. The van der Waals surface area contributed by atoms with E-state index in [2.05, 4.69) is 10.4 Å². The Morgan fingerprint density at radius 2 is 1.55 bits per heavy atom. The maximum absolute atomic E-state index is 12.7. The van der Waals surface area contributed by atoms with E-state index in [0.717, 1.165) is 16.1 Å². The van der Waals surface area contributed by atoms with Crippen LogP contribution >= 0.6 is 0 Å². The number of rotatable bonds is 9. The van der Waals surface area contributed by atoms with Gasteiger partial charge in [-0.2, -0.15) is 0 Å². The Morgan fingerprint density at radius 3 is 2.06 bits per heavy atom. The third-order valence-corrected chi connectivity index (χ3v) is 4.49. The molecule has 2 aromatic carbocycles. The fourth-order valence-electron chi connectivity index (χ4n) is 2.88. The van der Waals surface area contributed by atoms with Crippen molar-refractivity contribution in [2.45, 2.75) is 26.2 Å². The number of aromatic nitrogens is 1. The number of pyridine rings is 1. The summed E-state index contributed by atoms with van der Waals surface area (Å²) in [6.07, 6.45) is 0.505. The molecule has 0 aliphatic heterocycles. The molecule has 0 spiro atoms. The molecular formula is C24H26N4O5. The van der Waals surface area contributed by atoms with Crippen LogP contribution in [0.25, 0.3) is 0 Å². The van der Waals surface area contributed by atoms with Crippen LogP contribution in [0, 0.1) is 0 Å².